The zero-order valence-electron chi connectivity index (χ0n) is 12.5. The van der Waals surface area contributed by atoms with Gasteiger partial charge in [-0.05, 0) is 36.4 Å². The standard InChI is InChI=1S/C17H13N5O2/c23-17(21-16-9-18-11-24-16)20-12-5-7-13(8-6-12)22-10-19-14-3-1-2-4-15(14)22/h1-11H,(H2,20,21,23). The lowest BCUT2D eigenvalue weighted by molar-refractivity contribution is 0.261. The maximum atomic E-state index is 11.8. The molecule has 0 bridgehead atoms. The van der Waals surface area contributed by atoms with Crippen molar-refractivity contribution in [2.45, 2.75) is 0 Å². The van der Waals surface area contributed by atoms with Crippen molar-refractivity contribution in [3.05, 3.63) is 67.4 Å². The largest absolute Gasteiger partial charge is 0.428 e. The number of hydrogen-bond acceptors (Lipinski definition) is 4. The summed E-state index contributed by atoms with van der Waals surface area (Å²) in [6.07, 6.45) is 4.45. The SMILES string of the molecule is O=C(Nc1ccc(-n2cnc3ccccc32)cc1)Nc1cnco1. The van der Waals surface area contributed by atoms with E-state index in [0.29, 0.717) is 5.69 Å². The monoisotopic (exact) mass is 319 g/mol. The van der Waals surface area contributed by atoms with Crippen molar-refractivity contribution in [1.29, 1.82) is 0 Å². The first-order valence-corrected chi connectivity index (χ1v) is 7.28. The van der Waals surface area contributed by atoms with E-state index in [-0.39, 0.29) is 5.88 Å². The number of nitrogens with one attached hydrogen (secondary N) is 2. The molecule has 0 aliphatic rings. The van der Waals surface area contributed by atoms with E-state index in [1.807, 2.05) is 53.1 Å². The fraction of sp³-hybridized carbons (Fsp3) is 0. The van der Waals surface area contributed by atoms with Gasteiger partial charge in [-0.15, -0.1) is 0 Å². The minimum Gasteiger partial charge on any atom is -0.428 e. The Morgan fingerprint density at radius 3 is 2.67 bits per heavy atom. The van der Waals surface area contributed by atoms with Crippen LogP contribution in [-0.2, 0) is 0 Å². The smallest absolute Gasteiger partial charge is 0.326 e. The molecule has 0 unspecified atom stereocenters. The average molecular weight is 319 g/mol. The first kappa shape index (κ1) is 14.0. The summed E-state index contributed by atoms with van der Waals surface area (Å²) in [5.41, 5.74) is 3.59. The summed E-state index contributed by atoms with van der Waals surface area (Å²) < 4.78 is 6.95. The highest BCUT2D eigenvalue weighted by Gasteiger charge is 2.06. The van der Waals surface area contributed by atoms with Crippen molar-refractivity contribution in [2.24, 2.45) is 0 Å². The minimum absolute atomic E-state index is 0.286. The molecule has 2 heterocycles. The molecule has 118 valence electrons. The number of anilines is 2. The summed E-state index contributed by atoms with van der Waals surface area (Å²) in [5, 5.41) is 5.27. The molecule has 7 nitrogen and oxygen atoms in total. The number of amides is 2. The predicted molar refractivity (Wildman–Crippen MR) is 90.2 cm³/mol. The molecule has 2 amide bonds. The van der Waals surface area contributed by atoms with Crippen LogP contribution in [-0.4, -0.2) is 20.6 Å². The van der Waals surface area contributed by atoms with Crippen molar-refractivity contribution in [1.82, 2.24) is 14.5 Å². The number of rotatable bonds is 3. The Balaban J connectivity index is 1.51. The van der Waals surface area contributed by atoms with E-state index in [0.717, 1.165) is 16.7 Å². The van der Waals surface area contributed by atoms with Gasteiger partial charge in [-0.3, -0.25) is 9.88 Å². The number of fused-ring (bicyclic) bond motifs is 1. The minimum atomic E-state index is -0.396. The summed E-state index contributed by atoms with van der Waals surface area (Å²) >= 11 is 0. The highest BCUT2D eigenvalue weighted by atomic mass is 16.4. The second-order valence-electron chi connectivity index (χ2n) is 5.09. The normalized spacial score (nSPS) is 10.7. The molecule has 4 rings (SSSR count). The van der Waals surface area contributed by atoms with Crippen molar-refractivity contribution in [3.8, 4) is 5.69 Å². The molecule has 0 atom stereocenters. The summed E-state index contributed by atoms with van der Waals surface area (Å²) in [6.45, 7) is 0. The zero-order valence-corrected chi connectivity index (χ0v) is 12.5. The van der Waals surface area contributed by atoms with Crippen LogP contribution in [0.25, 0.3) is 16.7 Å². The maximum absolute atomic E-state index is 11.8. The Labute approximate surface area is 137 Å². The van der Waals surface area contributed by atoms with Crippen molar-refractivity contribution in [2.75, 3.05) is 10.6 Å². The predicted octanol–water partition coefficient (Wildman–Crippen LogP) is 3.66. The lowest BCUT2D eigenvalue weighted by Gasteiger charge is -2.08. The number of imidazole rings is 1. The molecule has 0 aliphatic heterocycles. The van der Waals surface area contributed by atoms with Gasteiger partial charge in [0.05, 0.1) is 17.2 Å². The molecule has 4 aromatic rings. The highest BCUT2D eigenvalue weighted by Crippen LogP contribution is 2.19. The van der Waals surface area contributed by atoms with E-state index in [1.54, 1.807) is 6.33 Å². The van der Waals surface area contributed by atoms with E-state index >= 15 is 0 Å². The van der Waals surface area contributed by atoms with E-state index < -0.39 is 6.03 Å². The van der Waals surface area contributed by atoms with Gasteiger partial charge < -0.3 is 9.73 Å². The lowest BCUT2D eigenvalue weighted by Crippen LogP contribution is -2.18. The van der Waals surface area contributed by atoms with Crippen LogP contribution in [0.15, 0.2) is 71.9 Å². The average Bonchev–Trinajstić information content (AvgIpc) is 3.25. The van der Waals surface area contributed by atoms with Gasteiger partial charge in [0.25, 0.3) is 0 Å². The number of carbonyl (C=O) groups excluding carboxylic acids is 1. The topological polar surface area (TPSA) is 85.0 Å². The lowest BCUT2D eigenvalue weighted by atomic mass is 10.2. The van der Waals surface area contributed by atoms with Crippen LogP contribution in [0.4, 0.5) is 16.4 Å². The molecule has 0 fully saturated rings. The van der Waals surface area contributed by atoms with Gasteiger partial charge in [-0.2, -0.15) is 0 Å². The molecule has 0 saturated carbocycles. The molecule has 0 spiro atoms. The molecule has 0 aliphatic carbocycles. The van der Waals surface area contributed by atoms with Gasteiger partial charge in [0.15, 0.2) is 6.39 Å². The fourth-order valence-electron chi connectivity index (χ4n) is 2.42. The fourth-order valence-corrected chi connectivity index (χ4v) is 2.42. The number of aromatic nitrogens is 3. The van der Waals surface area contributed by atoms with Gasteiger partial charge in [0, 0.05) is 11.4 Å². The summed E-state index contributed by atoms with van der Waals surface area (Å²) in [7, 11) is 0. The Hall–Kier alpha value is -3.61. The molecule has 7 heteroatoms. The van der Waals surface area contributed by atoms with Crippen LogP contribution in [0.5, 0.6) is 0 Å². The Morgan fingerprint density at radius 1 is 1.04 bits per heavy atom. The third-order valence-electron chi connectivity index (χ3n) is 3.53. The van der Waals surface area contributed by atoms with Crippen LogP contribution in [0.1, 0.15) is 0 Å². The third-order valence-corrected chi connectivity index (χ3v) is 3.53. The van der Waals surface area contributed by atoms with Gasteiger partial charge in [-0.1, -0.05) is 12.1 Å². The quantitative estimate of drug-likeness (QED) is 0.603. The number of nitrogens with zero attached hydrogens (tertiary/aromatic N) is 3. The van der Waals surface area contributed by atoms with Crippen LogP contribution in [0.2, 0.25) is 0 Å². The second-order valence-corrected chi connectivity index (χ2v) is 5.09. The molecule has 2 aromatic heterocycles. The summed E-state index contributed by atoms with van der Waals surface area (Å²) in [6, 6.07) is 15.0. The number of oxazole rings is 1. The molecular formula is C17H13N5O2. The van der Waals surface area contributed by atoms with Gasteiger partial charge in [0.1, 0.15) is 6.33 Å². The highest BCUT2D eigenvalue weighted by molar-refractivity contribution is 5.98. The Kier molecular flexibility index (Phi) is 3.43. The van der Waals surface area contributed by atoms with Crippen molar-refractivity contribution < 1.29 is 9.21 Å². The molecule has 0 saturated heterocycles. The van der Waals surface area contributed by atoms with E-state index in [2.05, 4.69) is 20.6 Å². The third kappa shape index (κ3) is 2.70. The molecule has 2 aromatic carbocycles. The molecule has 2 N–H and O–H groups in total. The first-order valence-electron chi connectivity index (χ1n) is 7.28. The number of carbonyl (C=O) groups is 1. The van der Waals surface area contributed by atoms with Gasteiger partial charge in [-0.25, -0.2) is 14.8 Å². The Morgan fingerprint density at radius 2 is 1.88 bits per heavy atom. The van der Waals surface area contributed by atoms with Crippen LogP contribution >= 0.6 is 0 Å². The maximum Gasteiger partial charge on any atom is 0.326 e. The van der Waals surface area contributed by atoms with Crippen LogP contribution < -0.4 is 10.6 Å². The van der Waals surface area contributed by atoms with E-state index in [4.69, 9.17) is 4.42 Å². The molecule has 24 heavy (non-hydrogen) atoms. The number of benzene rings is 2. The molecular weight excluding hydrogens is 306 g/mol. The zero-order chi connectivity index (χ0) is 16.4. The van der Waals surface area contributed by atoms with Gasteiger partial charge >= 0.3 is 6.03 Å². The van der Waals surface area contributed by atoms with Crippen molar-refractivity contribution >= 4 is 28.6 Å². The second kappa shape index (κ2) is 5.88. The van der Waals surface area contributed by atoms with Gasteiger partial charge in [0.2, 0.25) is 5.88 Å². The van der Waals surface area contributed by atoms with Crippen LogP contribution in [0.3, 0.4) is 0 Å². The summed E-state index contributed by atoms with van der Waals surface area (Å²) in [5.74, 6) is 0.286. The van der Waals surface area contributed by atoms with Crippen molar-refractivity contribution in [3.63, 3.8) is 0 Å². The number of para-hydroxylation sites is 2. The first-order chi connectivity index (χ1) is 11.8. The molecule has 0 radical (unpaired) electrons. The number of urea groups is 1. The van der Waals surface area contributed by atoms with E-state index in [9.17, 15) is 4.79 Å². The Bertz CT molecular complexity index is 974. The summed E-state index contributed by atoms with van der Waals surface area (Å²) in [4.78, 5) is 19.9. The number of hydrogen-bond donors (Lipinski definition) is 2. The van der Waals surface area contributed by atoms with Crippen LogP contribution in [0, 0.1) is 0 Å². The van der Waals surface area contributed by atoms with E-state index in [1.165, 1.54) is 12.6 Å².